The number of aliphatic carboxylic acids is 1. The fraction of sp³-hybridized carbons (Fsp3) is 0.464. The van der Waals surface area contributed by atoms with E-state index in [2.05, 4.69) is 36.6 Å². The van der Waals surface area contributed by atoms with Crippen LogP contribution in [-0.4, -0.2) is 41.8 Å². The SMILES string of the molecule is CC1(C)CCCC(NC(=O)C(CC(=O)O)NC(=O)OCC2c3ccccc3-c3ccccc32)CC1. The van der Waals surface area contributed by atoms with Gasteiger partial charge in [0.25, 0.3) is 0 Å². The maximum absolute atomic E-state index is 12.9. The first kappa shape index (κ1) is 24.8. The molecule has 0 aliphatic heterocycles. The van der Waals surface area contributed by atoms with Gasteiger partial charge in [0.2, 0.25) is 5.91 Å². The van der Waals surface area contributed by atoms with E-state index in [1.165, 1.54) is 0 Å². The number of fused-ring (bicyclic) bond motifs is 3. The monoisotopic (exact) mass is 478 g/mol. The average molecular weight is 479 g/mol. The molecule has 186 valence electrons. The van der Waals surface area contributed by atoms with Gasteiger partial charge >= 0.3 is 12.1 Å². The molecule has 2 amide bonds. The molecular weight excluding hydrogens is 444 g/mol. The first-order valence-corrected chi connectivity index (χ1v) is 12.4. The molecule has 35 heavy (non-hydrogen) atoms. The first-order chi connectivity index (χ1) is 16.7. The van der Waals surface area contributed by atoms with Crippen LogP contribution >= 0.6 is 0 Å². The van der Waals surface area contributed by atoms with E-state index < -0.39 is 30.4 Å². The number of benzene rings is 2. The van der Waals surface area contributed by atoms with Gasteiger partial charge in [0.05, 0.1) is 6.42 Å². The van der Waals surface area contributed by atoms with Crippen LogP contribution in [0.4, 0.5) is 4.79 Å². The molecule has 2 atom stereocenters. The van der Waals surface area contributed by atoms with Crippen LogP contribution in [0.25, 0.3) is 11.1 Å². The highest BCUT2D eigenvalue weighted by atomic mass is 16.5. The molecule has 0 aromatic heterocycles. The lowest BCUT2D eigenvalue weighted by atomic mass is 9.85. The summed E-state index contributed by atoms with van der Waals surface area (Å²) in [6.45, 7) is 4.55. The molecule has 0 radical (unpaired) electrons. The molecule has 0 spiro atoms. The number of carboxylic acid groups (broad SMARTS) is 1. The number of carbonyl (C=O) groups excluding carboxylic acids is 2. The summed E-state index contributed by atoms with van der Waals surface area (Å²) < 4.78 is 5.52. The van der Waals surface area contributed by atoms with Crippen LogP contribution in [0.15, 0.2) is 48.5 Å². The molecule has 2 aliphatic carbocycles. The second-order valence-electron chi connectivity index (χ2n) is 10.4. The van der Waals surface area contributed by atoms with Crippen LogP contribution in [0, 0.1) is 5.41 Å². The lowest BCUT2D eigenvalue weighted by molar-refractivity contribution is -0.140. The van der Waals surface area contributed by atoms with E-state index in [0.717, 1.165) is 54.4 Å². The number of amides is 2. The quantitative estimate of drug-likeness (QED) is 0.494. The normalized spacial score (nSPS) is 19.5. The lowest BCUT2D eigenvalue weighted by Gasteiger charge is -2.23. The smallest absolute Gasteiger partial charge is 0.407 e. The van der Waals surface area contributed by atoms with E-state index in [0.29, 0.717) is 0 Å². The number of rotatable bonds is 7. The van der Waals surface area contributed by atoms with Gasteiger partial charge < -0.3 is 20.5 Å². The predicted molar refractivity (Wildman–Crippen MR) is 133 cm³/mol. The molecule has 4 rings (SSSR count). The third-order valence-electron chi connectivity index (χ3n) is 7.25. The Balaban J connectivity index is 1.38. The zero-order chi connectivity index (χ0) is 25.0. The molecule has 2 aliphatic rings. The summed E-state index contributed by atoms with van der Waals surface area (Å²) in [5, 5.41) is 14.8. The largest absolute Gasteiger partial charge is 0.481 e. The fourth-order valence-electron chi connectivity index (χ4n) is 5.27. The van der Waals surface area contributed by atoms with Crippen LogP contribution in [0.3, 0.4) is 0 Å². The van der Waals surface area contributed by atoms with Crippen LogP contribution in [0.1, 0.15) is 69.4 Å². The van der Waals surface area contributed by atoms with Gasteiger partial charge in [-0.15, -0.1) is 0 Å². The van der Waals surface area contributed by atoms with Gasteiger partial charge in [0.1, 0.15) is 12.6 Å². The zero-order valence-electron chi connectivity index (χ0n) is 20.4. The highest BCUT2D eigenvalue weighted by Crippen LogP contribution is 2.44. The lowest BCUT2D eigenvalue weighted by Crippen LogP contribution is -2.50. The summed E-state index contributed by atoms with van der Waals surface area (Å²) in [7, 11) is 0. The Bertz CT molecular complexity index is 1050. The van der Waals surface area contributed by atoms with Crippen LogP contribution in [-0.2, 0) is 14.3 Å². The number of hydrogen-bond donors (Lipinski definition) is 3. The Kier molecular flexibility index (Phi) is 7.43. The first-order valence-electron chi connectivity index (χ1n) is 12.4. The summed E-state index contributed by atoms with van der Waals surface area (Å²) in [6, 6.07) is 14.8. The van der Waals surface area contributed by atoms with Crippen molar-refractivity contribution in [1.82, 2.24) is 10.6 Å². The van der Waals surface area contributed by atoms with E-state index in [1.807, 2.05) is 36.4 Å². The van der Waals surface area contributed by atoms with E-state index in [-0.39, 0.29) is 24.0 Å². The molecule has 2 aromatic rings. The Hall–Kier alpha value is -3.35. The summed E-state index contributed by atoms with van der Waals surface area (Å²) in [5.74, 6) is -1.76. The average Bonchev–Trinajstić information content (AvgIpc) is 3.03. The molecule has 1 saturated carbocycles. The Labute approximate surface area is 206 Å². The van der Waals surface area contributed by atoms with Crippen molar-refractivity contribution >= 4 is 18.0 Å². The minimum Gasteiger partial charge on any atom is -0.481 e. The van der Waals surface area contributed by atoms with Crippen molar-refractivity contribution in [2.45, 2.75) is 70.4 Å². The highest BCUT2D eigenvalue weighted by Gasteiger charge is 2.31. The molecule has 0 bridgehead atoms. The molecule has 0 saturated heterocycles. The van der Waals surface area contributed by atoms with Crippen molar-refractivity contribution in [3.05, 3.63) is 59.7 Å². The minimum absolute atomic E-state index is 0.0233. The second kappa shape index (κ2) is 10.5. The van der Waals surface area contributed by atoms with E-state index in [1.54, 1.807) is 0 Å². The molecule has 7 heteroatoms. The van der Waals surface area contributed by atoms with Crippen molar-refractivity contribution in [1.29, 1.82) is 0 Å². The third-order valence-corrected chi connectivity index (χ3v) is 7.25. The number of nitrogens with one attached hydrogen (secondary N) is 2. The number of hydrogen-bond acceptors (Lipinski definition) is 4. The number of ether oxygens (including phenoxy) is 1. The summed E-state index contributed by atoms with van der Waals surface area (Å²) in [6.07, 6.45) is 3.46. The van der Waals surface area contributed by atoms with Gasteiger partial charge in [-0.2, -0.15) is 0 Å². The fourth-order valence-corrected chi connectivity index (χ4v) is 5.27. The maximum atomic E-state index is 12.9. The van der Waals surface area contributed by atoms with Crippen molar-refractivity contribution in [2.24, 2.45) is 5.41 Å². The number of carbonyl (C=O) groups is 3. The molecule has 7 nitrogen and oxygen atoms in total. The van der Waals surface area contributed by atoms with Gasteiger partial charge in [-0.25, -0.2) is 4.79 Å². The molecule has 1 fully saturated rings. The second-order valence-corrected chi connectivity index (χ2v) is 10.4. The minimum atomic E-state index is -1.19. The van der Waals surface area contributed by atoms with Gasteiger partial charge in [-0.1, -0.05) is 68.8 Å². The summed E-state index contributed by atoms with van der Waals surface area (Å²) >= 11 is 0. The van der Waals surface area contributed by atoms with Crippen LogP contribution in [0.5, 0.6) is 0 Å². The zero-order valence-corrected chi connectivity index (χ0v) is 20.4. The molecule has 0 heterocycles. The number of carboxylic acids is 1. The standard InChI is InChI=1S/C28H34N2O5/c1-28(2)14-7-8-18(13-15-28)29-26(33)24(16-25(31)32)30-27(34)35-17-23-21-11-5-3-9-19(21)20-10-4-6-12-22(20)23/h3-6,9-12,18,23-24H,7-8,13-17H2,1-2H3,(H,29,33)(H,30,34)(H,31,32). The predicted octanol–water partition coefficient (Wildman–Crippen LogP) is 4.84. The molecule has 2 aromatic carbocycles. The summed E-state index contributed by atoms with van der Waals surface area (Å²) in [4.78, 5) is 36.9. The van der Waals surface area contributed by atoms with Crippen LogP contribution in [0.2, 0.25) is 0 Å². The van der Waals surface area contributed by atoms with Crippen molar-refractivity contribution in [2.75, 3.05) is 6.61 Å². The summed E-state index contributed by atoms with van der Waals surface area (Å²) in [5.41, 5.74) is 4.63. The van der Waals surface area contributed by atoms with Gasteiger partial charge in [0, 0.05) is 12.0 Å². The molecule has 2 unspecified atom stereocenters. The highest BCUT2D eigenvalue weighted by molar-refractivity contribution is 5.89. The van der Waals surface area contributed by atoms with Crippen molar-refractivity contribution < 1.29 is 24.2 Å². The van der Waals surface area contributed by atoms with Gasteiger partial charge in [0.15, 0.2) is 0 Å². The Morgan fingerprint density at radius 1 is 1.00 bits per heavy atom. The van der Waals surface area contributed by atoms with Crippen molar-refractivity contribution in [3.63, 3.8) is 0 Å². The number of alkyl carbamates (subject to hydrolysis) is 1. The van der Waals surface area contributed by atoms with E-state index >= 15 is 0 Å². The topological polar surface area (TPSA) is 105 Å². The maximum Gasteiger partial charge on any atom is 0.407 e. The van der Waals surface area contributed by atoms with Crippen molar-refractivity contribution in [3.8, 4) is 11.1 Å². The van der Waals surface area contributed by atoms with E-state index in [4.69, 9.17) is 4.74 Å². The van der Waals surface area contributed by atoms with Gasteiger partial charge in [-0.05, 0) is 53.4 Å². The molecule has 3 N–H and O–H groups in total. The van der Waals surface area contributed by atoms with E-state index in [9.17, 15) is 19.5 Å². The van der Waals surface area contributed by atoms with Crippen LogP contribution < -0.4 is 10.6 Å². The Morgan fingerprint density at radius 3 is 2.26 bits per heavy atom. The Morgan fingerprint density at radius 2 is 1.63 bits per heavy atom. The van der Waals surface area contributed by atoms with Gasteiger partial charge in [-0.3, -0.25) is 9.59 Å². The molecular formula is C28H34N2O5. The third kappa shape index (κ3) is 6.02.